The number of aliphatic hydroxyl groups excluding tert-OH is 1. The molecule has 1 fully saturated rings. The Morgan fingerprint density at radius 3 is 3.00 bits per heavy atom. The van der Waals surface area contributed by atoms with Crippen LogP contribution in [0.5, 0.6) is 0 Å². The molecule has 0 radical (unpaired) electrons. The minimum absolute atomic E-state index is 0.124. The molecular formula is C11H17ClN2OS. The Kier molecular flexibility index (Phi) is 4.58. The van der Waals surface area contributed by atoms with Gasteiger partial charge in [0.25, 0.3) is 0 Å². The van der Waals surface area contributed by atoms with Gasteiger partial charge in [0.1, 0.15) is 9.34 Å². The summed E-state index contributed by atoms with van der Waals surface area (Å²) in [6.45, 7) is 1.62. The smallest absolute Gasteiger partial charge is 0.113 e. The number of halogens is 1. The van der Waals surface area contributed by atoms with Crippen LogP contribution < -0.4 is 5.32 Å². The molecule has 0 amide bonds. The van der Waals surface area contributed by atoms with Crippen LogP contribution in [0.15, 0.2) is 6.20 Å². The highest BCUT2D eigenvalue weighted by molar-refractivity contribution is 7.15. The largest absolute Gasteiger partial charge is 0.393 e. The summed E-state index contributed by atoms with van der Waals surface area (Å²) < 4.78 is 0.731. The molecular weight excluding hydrogens is 244 g/mol. The van der Waals surface area contributed by atoms with Crippen molar-refractivity contribution in [2.45, 2.75) is 38.3 Å². The molecule has 2 rings (SSSR count). The molecule has 0 saturated heterocycles. The zero-order chi connectivity index (χ0) is 11.4. The minimum atomic E-state index is -0.124. The summed E-state index contributed by atoms with van der Waals surface area (Å²) in [6.07, 6.45) is 6.05. The second-order valence-corrected chi connectivity index (χ2v) is 6.05. The van der Waals surface area contributed by atoms with Crippen LogP contribution in [0.1, 0.15) is 30.7 Å². The van der Waals surface area contributed by atoms with Crippen LogP contribution in [-0.2, 0) is 6.54 Å². The summed E-state index contributed by atoms with van der Waals surface area (Å²) in [7, 11) is 0. The molecule has 2 N–H and O–H groups in total. The number of aromatic nitrogens is 1. The van der Waals surface area contributed by atoms with Crippen molar-refractivity contribution in [1.82, 2.24) is 10.3 Å². The lowest BCUT2D eigenvalue weighted by Gasteiger charge is -2.27. The predicted octanol–water partition coefficient (Wildman–Crippen LogP) is 2.44. The molecule has 1 aliphatic carbocycles. The van der Waals surface area contributed by atoms with E-state index in [0.29, 0.717) is 5.92 Å². The van der Waals surface area contributed by atoms with Crippen LogP contribution in [0.4, 0.5) is 0 Å². The van der Waals surface area contributed by atoms with Gasteiger partial charge in [-0.1, -0.05) is 24.4 Å². The van der Waals surface area contributed by atoms with E-state index in [9.17, 15) is 5.11 Å². The third-order valence-electron chi connectivity index (χ3n) is 3.08. The van der Waals surface area contributed by atoms with E-state index in [4.69, 9.17) is 11.6 Å². The maximum Gasteiger partial charge on any atom is 0.113 e. The van der Waals surface area contributed by atoms with Gasteiger partial charge in [0, 0.05) is 13.1 Å². The summed E-state index contributed by atoms with van der Waals surface area (Å²) in [5.74, 6) is 0.407. The van der Waals surface area contributed by atoms with Gasteiger partial charge >= 0.3 is 0 Å². The molecule has 1 aromatic heterocycles. The third kappa shape index (κ3) is 3.42. The minimum Gasteiger partial charge on any atom is -0.393 e. The fraction of sp³-hybridized carbons (Fsp3) is 0.727. The van der Waals surface area contributed by atoms with E-state index < -0.39 is 0 Å². The van der Waals surface area contributed by atoms with Crippen molar-refractivity contribution in [2.24, 2.45) is 5.92 Å². The number of hydrogen-bond acceptors (Lipinski definition) is 4. The van der Waals surface area contributed by atoms with Crippen LogP contribution in [0, 0.1) is 5.92 Å². The van der Waals surface area contributed by atoms with E-state index >= 15 is 0 Å². The molecule has 2 unspecified atom stereocenters. The van der Waals surface area contributed by atoms with Crippen molar-refractivity contribution in [3.05, 3.63) is 15.5 Å². The topological polar surface area (TPSA) is 45.1 Å². The molecule has 0 aliphatic heterocycles. The van der Waals surface area contributed by atoms with E-state index in [1.807, 2.05) is 0 Å². The second-order valence-electron chi connectivity index (χ2n) is 4.30. The maximum atomic E-state index is 9.80. The lowest BCUT2D eigenvalue weighted by atomic mass is 9.86. The van der Waals surface area contributed by atoms with E-state index in [0.717, 1.165) is 35.3 Å². The second kappa shape index (κ2) is 5.96. The molecule has 1 saturated carbocycles. The average Bonchev–Trinajstić information content (AvgIpc) is 2.67. The van der Waals surface area contributed by atoms with Crippen LogP contribution in [0.25, 0.3) is 0 Å². The Morgan fingerprint density at radius 1 is 1.50 bits per heavy atom. The summed E-state index contributed by atoms with van der Waals surface area (Å²) in [4.78, 5) is 4.18. The first-order valence-corrected chi connectivity index (χ1v) is 6.94. The fourth-order valence-corrected chi connectivity index (χ4v) is 3.09. The van der Waals surface area contributed by atoms with Crippen molar-refractivity contribution < 1.29 is 5.11 Å². The van der Waals surface area contributed by atoms with E-state index in [2.05, 4.69) is 10.3 Å². The van der Waals surface area contributed by atoms with Gasteiger partial charge < -0.3 is 10.4 Å². The van der Waals surface area contributed by atoms with Gasteiger partial charge in [-0.2, -0.15) is 0 Å². The van der Waals surface area contributed by atoms with Gasteiger partial charge in [0.05, 0.1) is 12.3 Å². The summed E-state index contributed by atoms with van der Waals surface area (Å²) in [5.41, 5.74) is 0. The molecule has 1 aliphatic rings. The lowest BCUT2D eigenvalue weighted by Crippen LogP contribution is -2.33. The molecule has 3 nitrogen and oxygen atoms in total. The predicted molar refractivity (Wildman–Crippen MR) is 66.8 cm³/mol. The average molecular weight is 261 g/mol. The number of aliphatic hydroxyl groups is 1. The zero-order valence-corrected chi connectivity index (χ0v) is 10.7. The number of nitrogens with one attached hydrogen (secondary N) is 1. The van der Waals surface area contributed by atoms with Crippen molar-refractivity contribution in [1.29, 1.82) is 0 Å². The van der Waals surface area contributed by atoms with Crippen molar-refractivity contribution in [2.75, 3.05) is 6.54 Å². The third-order valence-corrected chi connectivity index (χ3v) is 4.19. The number of nitrogens with zero attached hydrogens (tertiary/aromatic N) is 1. The molecule has 0 spiro atoms. The Morgan fingerprint density at radius 2 is 2.31 bits per heavy atom. The highest BCUT2D eigenvalue weighted by Crippen LogP contribution is 2.24. The van der Waals surface area contributed by atoms with Crippen molar-refractivity contribution in [3.8, 4) is 0 Å². The van der Waals surface area contributed by atoms with Gasteiger partial charge in [-0.05, 0) is 18.8 Å². The molecule has 2 atom stereocenters. The molecule has 90 valence electrons. The molecule has 0 bridgehead atoms. The van der Waals surface area contributed by atoms with E-state index in [-0.39, 0.29) is 6.10 Å². The first-order chi connectivity index (χ1) is 7.75. The first kappa shape index (κ1) is 12.3. The van der Waals surface area contributed by atoms with E-state index in [1.165, 1.54) is 24.2 Å². The molecule has 1 aromatic rings. The number of thiazole rings is 1. The molecule has 1 heterocycles. The molecule has 5 heteroatoms. The monoisotopic (exact) mass is 260 g/mol. The fourth-order valence-electron chi connectivity index (χ4n) is 2.16. The Labute approximate surface area is 105 Å². The van der Waals surface area contributed by atoms with Gasteiger partial charge in [0.2, 0.25) is 0 Å². The molecule has 16 heavy (non-hydrogen) atoms. The standard InChI is InChI=1S/C11H17ClN2OS/c12-10-6-14-11(16-10)7-13-5-8-3-1-2-4-9(8)15/h6,8-9,13,15H,1-5,7H2. The SMILES string of the molecule is OC1CCCCC1CNCc1ncc(Cl)s1. The van der Waals surface area contributed by atoms with Gasteiger partial charge in [-0.25, -0.2) is 4.98 Å². The van der Waals surface area contributed by atoms with Gasteiger partial charge in [0.15, 0.2) is 0 Å². The summed E-state index contributed by atoms with van der Waals surface area (Å²) >= 11 is 7.30. The Hall–Kier alpha value is -0.160. The first-order valence-electron chi connectivity index (χ1n) is 5.74. The zero-order valence-electron chi connectivity index (χ0n) is 9.16. The quantitative estimate of drug-likeness (QED) is 0.874. The number of hydrogen-bond donors (Lipinski definition) is 2. The summed E-state index contributed by atoms with van der Waals surface area (Å²) in [6, 6.07) is 0. The number of rotatable bonds is 4. The van der Waals surface area contributed by atoms with Crippen LogP contribution in [0.3, 0.4) is 0 Å². The van der Waals surface area contributed by atoms with Crippen LogP contribution in [0.2, 0.25) is 4.34 Å². The van der Waals surface area contributed by atoms with Gasteiger partial charge in [-0.3, -0.25) is 0 Å². The van der Waals surface area contributed by atoms with Crippen molar-refractivity contribution >= 4 is 22.9 Å². The highest BCUT2D eigenvalue weighted by atomic mass is 35.5. The van der Waals surface area contributed by atoms with Crippen molar-refractivity contribution in [3.63, 3.8) is 0 Å². The van der Waals surface area contributed by atoms with Crippen LogP contribution >= 0.6 is 22.9 Å². The Balaban J connectivity index is 1.71. The lowest BCUT2D eigenvalue weighted by molar-refractivity contribution is 0.0695. The van der Waals surface area contributed by atoms with Crippen LogP contribution in [-0.4, -0.2) is 22.7 Å². The molecule has 0 aromatic carbocycles. The summed E-state index contributed by atoms with van der Waals surface area (Å²) in [5, 5.41) is 14.2. The van der Waals surface area contributed by atoms with E-state index in [1.54, 1.807) is 6.20 Å². The van der Waals surface area contributed by atoms with Gasteiger partial charge in [-0.15, -0.1) is 11.3 Å². The normalized spacial score (nSPS) is 25.9. The highest BCUT2D eigenvalue weighted by Gasteiger charge is 2.22. The Bertz CT molecular complexity index is 332. The maximum absolute atomic E-state index is 9.80.